The van der Waals surface area contributed by atoms with Gasteiger partial charge in [0.05, 0.1) is 31.7 Å². The van der Waals surface area contributed by atoms with E-state index < -0.39 is 0 Å². The summed E-state index contributed by atoms with van der Waals surface area (Å²) in [6, 6.07) is 3.53. The van der Waals surface area contributed by atoms with Crippen molar-refractivity contribution >= 4 is 17.1 Å². The third-order valence-electron chi connectivity index (χ3n) is 4.23. The molecule has 0 radical (unpaired) electrons. The van der Waals surface area contributed by atoms with Gasteiger partial charge in [-0.1, -0.05) is 20.8 Å². The molecule has 3 heterocycles. The number of nitrogens with zero attached hydrogens (tertiary/aromatic N) is 2. The largest absolute Gasteiger partial charge is 0.461 e. The van der Waals surface area contributed by atoms with Gasteiger partial charge in [-0.15, -0.1) is 11.3 Å². The highest BCUT2D eigenvalue weighted by atomic mass is 32.1. The Bertz CT molecular complexity index is 673. The summed E-state index contributed by atoms with van der Waals surface area (Å²) in [7, 11) is 0. The number of thiazole rings is 1. The fraction of sp³-hybridized carbons (Fsp3) is 0.556. The average molecular weight is 348 g/mol. The van der Waals surface area contributed by atoms with Crippen LogP contribution in [0.3, 0.4) is 0 Å². The third kappa shape index (κ3) is 4.12. The standard InChI is InChI=1S/C18H24N2O3S/c1-18(2,3)16-12-24-17(19-16)10-20-6-8-22-11-13(20)9-14(21)15-5-4-7-23-15/h4-5,7,12-13H,6,8-11H2,1-3H3. The maximum atomic E-state index is 12.3. The summed E-state index contributed by atoms with van der Waals surface area (Å²) in [4.78, 5) is 19.4. The SMILES string of the molecule is CC(C)(C)c1csc(CN2CCOCC2CC(=O)c2ccco2)n1. The molecule has 0 aliphatic carbocycles. The van der Waals surface area contributed by atoms with Gasteiger partial charge in [-0.2, -0.15) is 0 Å². The number of hydrogen-bond acceptors (Lipinski definition) is 6. The van der Waals surface area contributed by atoms with Crippen LogP contribution in [0.25, 0.3) is 0 Å². The van der Waals surface area contributed by atoms with Crippen LogP contribution in [0.5, 0.6) is 0 Å². The van der Waals surface area contributed by atoms with Crippen molar-refractivity contribution in [2.24, 2.45) is 0 Å². The van der Waals surface area contributed by atoms with Gasteiger partial charge in [0.15, 0.2) is 11.5 Å². The quantitative estimate of drug-likeness (QED) is 0.774. The van der Waals surface area contributed by atoms with Crippen LogP contribution in [-0.2, 0) is 16.7 Å². The van der Waals surface area contributed by atoms with Gasteiger partial charge in [-0.3, -0.25) is 9.69 Å². The molecule has 0 aromatic carbocycles. The Morgan fingerprint density at radius 2 is 2.29 bits per heavy atom. The fourth-order valence-electron chi connectivity index (χ4n) is 2.74. The molecule has 0 saturated carbocycles. The van der Waals surface area contributed by atoms with Gasteiger partial charge in [0.25, 0.3) is 0 Å². The predicted molar refractivity (Wildman–Crippen MR) is 93.5 cm³/mol. The van der Waals surface area contributed by atoms with Gasteiger partial charge in [-0.25, -0.2) is 4.98 Å². The second-order valence-corrected chi connectivity index (χ2v) is 8.12. The summed E-state index contributed by atoms with van der Waals surface area (Å²) >= 11 is 1.69. The van der Waals surface area contributed by atoms with Crippen LogP contribution < -0.4 is 0 Å². The topological polar surface area (TPSA) is 55.6 Å². The Hall–Kier alpha value is -1.50. The second kappa shape index (κ2) is 7.17. The number of Topliss-reactive ketones (excluding diaryl/α,β-unsaturated/α-hetero) is 1. The number of carbonyl (C=O) groups excluding carboxylic acids is 1. The Balaban J connectivity index is 1.66. The number of aromatic nitrogens is 1. The first-order valence-electron chi connectivity index (χ1n) is 8.27. The van der Waals surface area contributed by atoms with Gasteiger partial charge in [0.1, 0.15) is 5.01 Å². The van der Waals surface area contributed by atoms with E-state index in [9.17, 15) is 4.79 Å². The van der Waals surface area contributed by atoms with Crippen molar-refractivity contribution in [2.45, 2.75) is 45.2 Å². The summed E-state index contributed by atoms with van der Waals surface area (Å²) in [5.74, 6) is 0.444. The molecule has 0 amide bonds. The monoisotopic (exact) mass is 348 g/mol. The lowest BCUT2D eigenvalue weighted by Gasteiger charge is -2.34. The van der Waals surface area contributed by atoms with E-state index in [4.69, 9.17) is 14.1 Å². The van der Waals surface area contributed by atoms with Crippen LogP contribution in [-0.4, -0.2) is 41.5 Å². The van der Waals surface area contributed by atoms with E-state index in [0.29, 0.717) is 25.4 Å². The summed E-state index contributed by atoms with van der Waals surface area (Å²) in [5.41, 5.74) is 1.19. The molecule has 1 aliphatic heterocycles. The van der Waals surface area contributed by atoms with Crippen molar-refractivity contribution in [1.82, 2.24) is 9.88 Å². The second-order valence-electron chi connectivity index (χ2n) is 7.18. The van der Waals surface area contributed by atoms with Crippen LogP contribution in [0.1, 0.15) is 48.4 Å². The number of hydrogen-bond donors (Lipinski definition) is 0. The van der Waals surface area contributed by atoms with E-state index in [1.807, 2.05) is 0 Å². The number of ether oxygens (including phenoxy) is 1. The highest BCUT2D eigenvalue weighted by Crippen LogP contribution is 2.25. The minimum Gasteiger partial charge on any atom is -0.461 e. The molecule has 3 rings (SSSR count). The van der Waals surface area contributed by atoms with Gasteiger partial charge in [0.2, 0.25) is 0 Å². The Labute approximate surface area is 146 Å². The minimum atomic E-state index is 0.0232. The van der Waals surface area contributed by atoms with Gasteiger partial charge in [0, 0.05) is 29.8 Å². The molecule has 0 spiro atoms. The van der Waals surface area contributed by atoms with Gasteiger partial charge in [-0.05, 0) is 12.1 Å². The minimum absolute atomic E-state index is 0.0232. The molecule has 0 N–H and O–H groups in total. The molecule has 1 unspecified atom stereocenters. The van der Waals surface area contributed by atoms with E-state index in [0.717, 1.165) is 23.8 Å². The molecule has 1 fully saturated rings. The van der Waals surface area contributed by atoms with E-state index in [1.165, 1.54) is 6.26 Å². The van der Waals surface area contributed by atoms with Crippen molar-refractivity contribution in [3.05, 3.63) is 40.2 Å². The summed E-state index contributed by atoms with van der Waals surface area (Å²) < 4.78 is 10.8. The lowest BCUT2D eigenvalue weighted by atomic mass is 9.93. The van der Waals surface area contributed by atoms with Crippen LogP contribution in [0, 0.1) is 0 Å². The average Bonchev–Trinajstić information content (AvgIpc) is 3.19. The highest BCUT2D eigenvalue weighted by molar-refractivity contribution is 7.09. The third-order valence-corrected chi connectivity index (χ3v) is 5.06. The number of carbonyl (C=O) groups is 1. The first kappa shape index (κ1) is 17.3. The Kier molecular flexibility index (Phi) is 5.18. The maximum Gasteiger partial charge on any atom is 0.199 e. The van der Waals surface area contributed by atoms with Crippen molar-refractivity contribution < 1.29 is 13.9 Å². The van der Waals surface area contributed by atoms with Crippen LogP contribution >= 0.6 is 11.3 Å². The van der Waals surface area contributed by atoms with E-state index in [2.05, 4.69) is 31.1 Å². The van der Waals surface area contributed by atoms with Crippen molar-refractivity contribution in [2.75, 3.05) is 19.8 Å². The van der Waals surface area contributed by atoms with Crippen molar-refractivity contribution in [3.8, 4) is 0 Å². The first-order chi connectivity index (χ1) is 11.4. The number of rotatable bonds is 5. The molecule has 24 heavy (non-hydrogen) atoms. The fourth-order valence-corrected chi connectivity index (χ4v) is 3.78. The van der Waals surface area contributed by atoms with Gasteiger partial charge >= 0.3 is 0 Å². The zero-order valence-corrected chi connectivity index (χ0v) is 15.3. The normalized spacial score (nSPS) is 19.5. The molecule has 1 atom stereocenters. The molecular weight excluding hydrogens is 324 g/mol. The molecule has 5 nitrogen and oxygen atoms in total. The molecule has 6 heteroatoms. The molecule has 130 valence electrons. The Morgan fingerprint density at radius 3 is 2.96 bits per heavy atom. The maximum absolute atomic E-state index is 12.3. The van der Waals surface area contributed by atoms with Crippen molar-refractivity contribution in [3.63, 3.8) is 0 Å². The van der Waals surface area contributed by atoms with E-state index >= 15 is 0 Å². The van der Waals surface area contributed by atoms with E-state index in [1.54, 1.807) is 23.5 Å². The number of furan rings is 1. The smallest absolute Gasteiger partial charge is 0.199 e. The lowest BCUT2D eigenvalue weighted by molar-refractivity contribution is -0.0128. The zero-order chi connectivity index (χ0) is 17.2. The van der Waals surface area contributed by atoms with Gasteiger partial charge < -0.3 is 9.15 Å². The lowest BCUT2D eigenvalue weighted by Crippen LogP contribution is -2.45. The predicted octanol–water partition coefficient (Wildman–Crippen LogP) is 3.51. The molecule has 0 bridgehead atoms. The number of ketones is 1. The molecule has 1 saturated heterocycles. The highest BCUT2D eigenvalue weighted by Gasteiger charge is 2.28. The zero-order valence-electron chi connectivity index (χ0n) is 14.4. The van der Waals surface area contributed by atoms with Crippen molar-refractivity contribution in [1.29, 1.82) is 0 Å². The van der Waals surface area contributed by atoms with E-state index in [-0.39, 0.29) is 17.2 Å². The van der Waals surface area contributed by atoms with Crippen LogP contribution in [0.15, 0.2) is 28.2 Å². The molecule has 1 aliphatic rings. The summed E-state index contributed by atoms with van der Waals surface area (Å²) in [5, 5.41) is 3.23. The number of morpholine rings is 1. The molecule has 2 aromatic heterocycles. The van der Waals surface area contributed by atoms with Crippen LogP contribution in [0.2, 0.25) is 0 Å². The summed E-state index contributed by atoms with van der Waals surface area (Å²) in [6.07, 6.45) is 1.94. The summed E-state index contributed by atoms with van der Waals surface area (Å²) in [6.45, 7) is 9.37. The Morgan fingerprint density at radius 1 is 1.46 bits per heavy atom. The van der Waals surface area contributed by atoms with Crippen LogP contribution in [0.4, 0.5) is 0 Å². The molecule has 2 aromatic rings. The first-order valence-corrected chi connectivity index (χ1v) is 9.15. The molecular formula is C18H24N2O3S.